The number of pyridine rings is 1. The van der Waals surface area contributed by atoms with Gasteiger partial charge in [0.2, 0.25) is 0 Å². The van der Waals surface area contributed by atoms with Crippen LogP contribution in [0.2, 0.25) is 0 Å². The smallest absolute Gasteiger partial charge is 0.276 e. The highest BCUT2D eigenvalue weighted by molar-refractivity contribution is 7.13. The normalized spacial score (nSPS) is 10.8. The van der Waals surface area contributed by atoms with Crippen LogP contribution in [0.1, 0.15) is 23.1 Å². The van der Waals surface area contributed by atoms with Crippen molar-refractivity contribution in [1.82, 2.24) is 14.4 Å². The number of nitrogens with one attached hydrogen (secondary N) is 1. The number of imidazole rings is 1. The van der Waals surface area contributed by atoms with Crippen LogP contribution in [0, 0.1) is 6.92 Å². The van der Waals surface area contributed by atoms with Crippen molar-refractivity contribution < 1.29 is 9.53 Å². The van der Waals surface area contributed by atoms with Gasteiger partial charge in [0.15, 0.2) is 16.5 Å². The Morgan fingerprint density at radius 1 is 1.52 bits per heavy atom. The summed E-state index contributed by atoms with van der Waals surface area (Å²) in [6, 6.07) is 3.67. The first-order valence-electron chi connectivity index (χ1n) is 6.52. The predicted octanol–water partition coefficient (Wildman–Crippen LogP) is 2.75. The Morgan fingerprint density at radius 2 is 2.38 bits per heavy atom. The first kappa shape index (κ1) is 13.6. The summed E-state index contributed by atoms with van der Waals surface area (Å²) in [5, 5.41) is 5.15. The summed E-state index contributed by atoms with van der Waals surface area (Å²) in [7, 11) is 0. The molecule has 0 aliphatic rings. The van der Waals surface area contributed by atoms with Crippen LogP contribution in [-0.4, -0.2) is 26.9 Å². The van der Waals surface area contributed by atoms with Gasteiger partial charge in [-0.15, -0.1) is 11.3 Å². The number of aryl methyl sites for hydroxylation is 1. The number of carbonyl (C=O) groups excluding carboxylic acids is 1. The minimum atomic E-state index is -0.233. The lowest BCUT2D eigenvalue weighted by Crippen LogP contribution is -2.15. The summed E-state index contributed by atoms with van der Waals surface area (Å²) in [6.45, 7) is 4.26. The zero-order chi connectivity index (χ0) is 14.8. The molecule has 0 saturated heterocycles. The van der Waals surface area contributed by atoms with E-state index in [1.54, 1.807) is 23.7 Å². The Kier molecular flexibility index (Phi) is 3.57. The fourth-order valence-corrected chi connectivity index (χ4v) is 2.66. The van der Waals surface area contributed by atoms with E-state index in [2.05, 4.69) is 15.3 Å². The van der Waals surface area contributed by atoms with Crippen molar-refractivity contribution in [3.05, 3.63) is 41.3 Å². The average molecular weight is 302 g/mol. The molecule has 3 aromatic heterocycles. The Balaban J connectivity index is 2.04. The molecule has 0 atom stereocenters. The van der Waals surface area contributed by atoms with Gasteiger partial charge in [-0.25, -0.2) is 9.97 Å². The minimum absolute atomic E-state index is 0.233. The van der Waals surface area contributed by atoms with E-state index in [-0.39, 0.29) is 5.91 Å². The van der Waals surface area contributed by atoms with Gasteiger partial charge >= 0.3 is 0 Å². The number of hydrogen-bond donors (Lipinski definition) is 1. The molecule has 0 unspecified atom stereocenters. The number of amides is 1. The summed E-state index contributed by atoms with van der Waals surface area (Å²) in [5.74, 6) is 0.431. The predicted molar refractivity (Wildman–Crippen MR) is 81.2 cm³/mol. The summed E-state index contributed by atoms with van der Waals surface area (Å²) in [6.07, 6.45) is 3.45. The van der Waals surface area contributed by atoms with Gasteiger partial charge in [0.1, 0.15) is 5.69 Å². The maximum absolute atomic E-state index is 12.4. The van der Waals surface area contributed by atoms with E-state index in [4.69, 9.17) is 4.74 Å². The standard InChI is InChI=1S/C14H14N4O2S/c1-3-20-10-5-4-7-18-11(9(2)16-12(10)18)13(19)17-14-15-6-8-21-14/h4-8H,3H2,1-2H3,(H,15,17,19). The molecule has 108 valence electrons. The highest BCUT2D eigenvalue weighted by atomic mass is 32.1. The second kappa shape index (κ2) is 5.53. The largest absolute Gasteiger partial charge is 0.490 e. The third kappa shape index (κ3) is 2.47. The first-order valence-corrected chi connectivity index (χ1v) is 7.40. The van der Waals surface area contributed by atoms with Crippen LogP contribution in [0.5, 0.6) is 5.75 Å². The summed E-state index contributed by atoms with van der Waals surface area (Å²) >= 11 is 1.37. The van der Waals surface area contributed by atoms with Crippen molar-refractivity contribution in [1.29, 1.82) is 0 Å². The van der Waals surface area contributed by atoms with Crippen LogP contribution in [-0.2, 0) is 0 Å². The summed E-state index contributed by atoms with van der Waals surface area (Å²) in [4.78, 5) is 20.9. The van der Waals surface area contributed by atoms with E-state index in [0.29, 0.717) is 34.5 Å². The highest BCUT2D eigenvalue weighted by Gasteiger charge is 2.19. The zero-order valence-corrected chi connectivity index (χ0v) is 12.5. The number of fused-ring (bicyclic) bond motifs is 1. The lowest BCUT2D eigenvalue weighted by atomic mass is 10.3. The van der Waals surface area contributed by atoms with Crippen molar-refractivity contribution in [2.45, 2.75) is 13.8 Å². The molecule has 3 rings (SSSR count). The van der Waals surface area contributed by atoms with Gasteiger partial charge in [0, 0.05) is 17.8 Å². The topological polar surface area (TPSA) is 68.5 Å². The highest BCUT2D eigenvalue weighted by Crippen LogP contribution is 2.23. The fraction of sp³-hybridized carbons (Fsp3) is 0.214. The number of hydrogen-bond acceptors (Lipinski definition) is 5. The van der Waals surface area contributed by atoms with E-state index in [9.17, 15) is 4.79 Å². The van der Waals surface area contributed by atoms with E-state index in [1.807, 2.05) is 24.4 Å². The number of ether oxygens (including phenoxy) is 1. The number of carbonyl (C=O) groups is 1. The molecule has 1 N–H and O–H groups in total. The molecule has 3 heterocycles. The van der Waals surface area contributed by atoms with E-state index >= 15 is 0 Å². The molecule has 0 aliphatic carbocycles. The SMILES string of the molecule is CCOc1cccn2c(C(=O)Nc3nccs3)c(C)nc12. The van der Waals surface area contributed by atoms with Crippen LogP contribution in [0.4, 0.5) is 5.13 Å². The Bertz CT molecular complexity index is 780. The van der Waals surface area contributed by atoms with Gasteiger partial charge < -0.3 is 4.74 Å². The van der Waals surface area contributed by atoms with Crippen molar-refractivity contribution in [3.8, 4) is 5.75 Å². The van der Waals surface area contributed by atoms with Crippen molar-refractivity contribution >= 4 is 28.0 Å². The molecular weight excluding hydrogens is 288 g/mol. The number of anilines is 1. The Labute approximate surface area is 125 Å². The maximum Gasteiger partial charge on any atom is 0.276 e. The molecule has 0 fully saturated rings. The van der Waals surface area contributed by atoms with Crippen LogP contribution < -0.4 is 10.1 Å². The quantitative estimate of drug-likeness (QED) is 0.804. The monoisotopic (exact) mass is 302 g/mol. The van der Waals surface area contributed by atoms with E-state index < -0.39 is 0 Å². The van der Waals surface area contributed by atoms with E-state index in [0.717, 1.165) is 0 Å². The zero-order valence-electron chi connectivity index (χ0n) is 11.7. The summed E-state index contributed by atoms with van der Waals surface area (Å²) in [5.41, 5.74) is 1.78. The molecule has 0 aromatic carbocycles. The number of nitrogens with zero attached hydrogens (tertiary/aromatic N) is 3. The minimum Gasteiger partial charge on any atom is -0.490 e. The van der Waals surface area contributed by atoms with Gasteiger partial charge in [-0.05, 0) is 26.0 Å². The van der Waals surface area contributed by atoms with Crippen molar-refractivity contribution in [2.24, 2.45) is 0 Å². The Morgan fingerprint density at radius 3 is 3.10 bits per heavy atom. The van der Waals surface area contributed by atoms with Gasteiger partial charge in [-0.1, -0.05) is 0 Å². The van der Waals surface area contributed by atoms with Crippen LogP contribution in [0.3, 0.4) is 0 Å². The second-order valence-corrected chi connectivity index (χ2v) is 5.23. The van der Waals surface area contributed by atoms with Crippen LogP contribution in [0.25, 0.3) is 5.65 Å². The van der Waals surface area contributed by atoms with Gasteiger partial charge in [-0.3, -0.25) is 14.5 Å². The first-order chi connectivity index (χ1) is 10.2. The van der Waals surface area contributed by atoms with Gasteiger partial charge in [0.25, 0.3) is 5.91 Å². The molecular formula is C14H14N4O2S. The van der Waals surface area contributed by atoms with Crippen molar-refractivity contribution in [3.63, 3.8) is 0 Å². The molecule has 1 amide bonds. The molecule has 3 aromatic rings. The van der Waals surface area contributed by atoms with Crippen LogP contribution >= 0.6 is 11.3 Å². The molecule has 21 heavy (non-hydrogen) atoms. The summed E-state index contributed by atoms with van der Waals surface area (Å²) < 4.78 is 7.29. The third-order valence-electron chi connectivity index (χ3n) is 2.96. The molecule has 6 nitrogen and oxygen atoms in total. The maximum atomic E-state index is 12.4. The van der Waals surface area contributed by atoms with Crippen LogP contribution in [0.15, 0.2) is 29.9 Å². The molecule has 0 radical (unpaired) electrons. The number of aromatic nitrogens is 3. The Hall–Kier alpha value is -2.41. The van der Waals surface area contributed by atoms with Gasteiger partial charge in [0.05, 0.1) is 12.3 Å². The molecule has 0 saturated carbocycles. The lowest BCUT2D eigenvalue weighted by Gasteiger charge is -2.06. The molecule has 7 heteroatoms. The number of thiazole rings is 1. The second-order valence-electron chi connectivity index (χ2n) is 4.34. The molecule has 0 aliphatic heterocycles. The average Bonchev–Trinajstić information content (AvgIpc) is 3.06. The van der Waals surface area contributed by atoms with Crippen molar-refractivity contribution in [2.75, 3.05) is 11.9 Å². The van der Waals surface area contributed by atoms with Gasteiger partial charge in [-0.2, -0.15) is 0 Å². The van der Waals surface area contributed by atoms with E-state index in [1.165, 1.54) is 11.3 Å². The third-order valence-corrected chi connectivity index (χ3v) is 3.64. The lowest BCUT2D eigenvalue weighted by molar-refractivity contribution is 0.102. The number of rotatable bonds is 4. The molecule has 0 spiro atoms. The molecule has 0 bridgehead atoms. The fourth-order valence-electron chi connectivity index (χ4n) is 2.14.